The topological polar surface area (TPSA) is 32.3 Å². The number of rotatable bonds is 4. The third-order valence-electron chi connectivity index (χ3n) is 4.04. The fraction of sp³-hybridized carbons (Fsp3) is 0.923. The fourth-order valence-corrected chi connectivity index (χ4v) is 2.41. The van der Waals surface area contributed by atoms with Crippen LogP contribution in [0.3, 0.4) is 0 Å². The van der Waals surface area contributed by atoms with Gasteiger partial charge < -0.3 is 10.2 Å². The number of amides is 1. The van der Waals surface area contributed by atoms with Crippen LogP contribution < -0.4 is 5.32 Å². The first kappa shape index (κ1) is 11.9. The molecule has 3 nitrogen and oxygen atoms in total. The molecular formula is C13H24N2O. The predicted octanol–water partition coefficient (Wildman–Crippen LogP) is 1.78. The number of carbonyl (C=O) groups excluding carboxylic acids is 1. The van der Waals surface area contributed by atoms with Crippen molar-refractivity contribution in [1.82, 2.24) is 10.2 Å². The van der Waals surface area contributed by atoms with E-state index < -0.39 is 0 Å². The number of carbonyl (C=O) groups is 1. The normalized spacial score (nSPS) is 25.4. The van der Waals surface area contributed by atoms with E-state index >= 15 is 0 Å². The monoisotopic (exact) mass is 224 g/mol. The van der Waals surface area contributed by atoms with E-state index in [1.807, 2.05) is 0 Å². The molecule has 0 aromatic carbocycles. The zero-order valence-corrected chi connectivity index (χ0v) is 10.5. The number of hydrogen-bond acceptors (Lipinski definition) is 2. The molecule has 1 heterocycles. The maximum Gasteiger partial charge on any atom is 0.223 e. The first-order valence-electron chi connectivity index (χ1n) is 6.75. The van der Waals surface area contributed by atoms with E-state index in [1.54, 1.807) is 0 Å². The van der Waals surface area contributed by atoms with Gasteiger partial charge in [0.1, 0.15) is 0 Å². The van der Waals surface area contributed by atoms with Crippen molar-refractivity contribution in [2.24, 2.45) is 5.92 Å². The Kier molecular flexibility index (Phi) is 3.85. The lowest BCUT2D eigenvalue weighted by Gasteiger charge is -2.35. The fourth-order valence-electron chi connectivity index (χ4n) is 2.41. The second-order valence-electron chi connectivity index (χ2n) is 5.35. The van der Waals surface area contributed by atoms with Crippen LogP contribution >= 0.6 is 0 Å². The summed E-state index contributed by atoms with van der Waals surface area (Å²) in [6.07, 6.45) is 5.68. The Labute approximate surface area is 98.6 Å². The highest BCUT2D eigenvalue weighted by atomic mass is 16.2. The van der Waals surface area contributed by atoms with Gasteiger partial charge in [-0.05, 0) is 52.1 Å². The van der Waals surface area contributed by atoms with Crippen molar-refractivity contribution in [1.29, 1.82) is 0 Å². The average molecular weight is 224 g/mol. The lowest BCUT2D eigenvalue weighted by molar-refractivity contribution is -0.126. The van der Waals surface area contributed by atoms with Gasteiger partial charge in [-0.2, -0.15) is 0 Å². The van der Waals surface area contributed by atoms with E-state index in [0.29, 0.717) is 18.0 Å². The van der Waals surface area contributed by atoms with Crippen molar-refractivity contribution in [3.63, 3.8) is 0 Å². The van der Waals surface area contributed by atoms with Crippen molar-refractivity contribution in [3.05, 3.63) is 0 Å². The summed E-state index contributed by atoms with van der Waals surface area (Å²) in [6.45, 7) is 6.71. The number of nitrogens with one attached hydrogen (secondary N) is 1. The quantitative estimate of drug-likeness (QED) is 0.789. The van der Waals surface area contributed by atoms with Gasteiger partial charge in [-0.15, -0.1) is 0 Å². The summed E-state index contributed by atoms with van der Waals surface area (Å²) in [7, 11) is 0. The van der Waals surface area contributed by atoms with Crippen LogP contribution in [0, 0.1) is 5.92 Å². The van der Waals surface area contributed by atoms with Crippen molar-refractivity contribution in [3.8, 4) is 0 Å². The molecular weight excluding hydrogens is 200 g/mol. The lowest BCUT2D eigenvalue weighted by Crippen LogP contribution is -2.44. The second kappa shape index (κ2) is 5.17. The van der Waals surface area contributed by atoms with E-state index in [9.17, 15) is 4.79 Å². The molecule has 0 aromatic rings. The van der Waals surface area contributed by atoms with Gasteiger partial charge in [0.15, 0.2) is 0 Å². The first-order valence-corrected chi connectivity index (χ1v) is 6.75. The van der Waals surface area contributed by atoms with Gasteiger partial charge in [0, 0.05) is 18.0 Å². The van der Waals surface area contributed by atoms with E-state index in [1.165, 1.54) is 19.3 Å². The van der Waals surface area contributed by atoms with Crippen molar-refractivity contribution < 1.29 is 4.79 Å². The molecule has 16 heavy (non-hydrogen) atoms. The zero-order valence-electron chi connectivity index (χ0n) is 10.5. The van der Waals surface area contributed by atoms with Gasteiger partial charge in [-0.25, -0.2) is 0 Å². The van der Waals surface area contributed by atoms with E-state index in [0.717, 1.165) is 25.9 Å². The molecule has 0 spiro atoms. The highest BCUT2D eigenvalue weighted by Gasteiger charge is 2.30. The van der Waals surface area contributed by atoms with Crippen LogP contribution in [-0.2, 0) is 4.79 Å². The summed E-state index contributed by atoms with van der Waals surface area (Å²) < 4.78 is 0. The average Bonchev–Trinajstić information content (AvgIpc) is 3.12. The minimum absolute atomic E-state index is 0.279. The minimum atomic E-state index is 0.279. The van der Waals surface area contributed by atoms with Crippen LogP contribution in [0.5, 0.6) is 0 Å². The van der Waals surface area contributed by atoms with Gasteiger partial charge in [-0.3, -0.25) is 4.79 Å². The van der Waals surface area contributed by atoms with Crippen LogP contribution in [0.25, 0.3) is 0 Å². The highest BCUT2D eigenvalue weighted by Crippen LogP contribution is 2.23. The molecule has 1 unspecified atom stereocenters. The third-order valence-corrected chi connectivity index (χ3v) is 4.04. The Morgan fingerprint density at radius 3 is 2.44 bits per heavy atom. The van der Waals surface area contributed by atoms with Crippen LogP contribution in [0.1, 0.15) is 46.0 Å². The summed E-state index contributed by atoms with van der Waals surface area (Å²) >= 11 is 0. The Hall–Kier alpha value is -0.570. The summed E-state index contributed by atoms with van der Waals surface area (Å²) in [5.74, 6) is 0.590. The maximum atomic E-state index is 11.9. The standard InChI is InChI=1S/C13H24N2O/c1-3-10(2)15-8-6-11(7-9-15)13(16)14-12-4-5-12/h10-12H,3-9H2,1-2H3,(H,14,16). The number of likely N-dealkylation sites (tertiary alicyclic amines) is 1. The largest absolute Gasteiger partial charge is 0.353 e. The molecule has 0 aromatic heterocycles. The summed E-state index contributed by atoms with van der Waals surface area (Å²) in [4.78, 5) is 14.4. The van der Waals surface area contributed by atoms with Crippen molar-refractivity contribution in [2.75, 3.05) is 13.1 Å². The first-order chi connectivity index (χ1) is 7.70. The van der Waals surface area contributed by atoms with Gasteiger partial charge in [0.2, 0.25) is 5.91 Å². The van der Waals surface area contributed by atoms with Crippen LogP contribution in [0.4, 0.5) is 0 Å². The highest BCUT2D eigenvalue weighted by molar-refractivity contribution is 5.79. The molecule has 0 radical (unpaired) electrons. The molecule has 1 atom stereocenters. The molecule has 1 aliphatic heterocycles. The zero-order chi connectivity index (χ0) is 11.5. The molecule has 2 fully saturated rings. The number of nitrogens with zero attached hydrogens (tertiary/aromatic N) is 1. The summed E-state index contributed by atoms with van der Waals surface area (Å²) in [5, 5.41) is 3.12. The Morgan fingerprint density at radius 1 is 1.31 bits per heavy atom. The van der Waals surface area contributed by atoms with Gasteiger partial charge in [0.05, 0.1) is 0 Å². The van der Waals surface area contributed by atoms with Crippen LogP contribution in [-0.4, -0.2) is 36.0 Å². The SMILES string of the molecule is CCC(C)N1CCC(C(=O)NC2CC2)CC1. The predicted molar refractivity (Wildman–Crippen MR) is 65.2 cm³/mol. The molecule has 1 saturated carbocycles. The van der Waals surface area contributed by atoms with Gasteiger partial charge >= 0.3 is 0 Å². The molecule has 3 heteroatoms. The molecule has 2 rings (SSSR count). The molecule has 2 aliphatic rings. The van der Waals surface area contributed by atoms with E-state index in [2.05, 4.69) is 24.1 Å². The summed E-state index contributed by atoms with van der Waals surface area (Å²) in [5.41, 5.74) is 0. The molecule has 1 N–H and O–H groups in total. The van der Waals surface area contributed by atoms with Crippen molar-refractivity contribution in [2.45, 2.75) is 58.0 Å². The second-order valence-corrected chi connectivity index (χ2v) is 5.35. The molecule has 92 valence electrons. The molecule has 1 amide bonds. The molecule has 0 bridgehead atoms. The smallest absolute Gasteiger partial charge is 0.223 e. The van der Waals surface area contributed by atoms with Crippen LogP contribution in [0.15, 0.2) is 0 Å². The van der Waals surface area contributed by atoms with E-state index in [4.69, 9.17) is 0 Å². The number of piperidine rings is 1. The number of hydrogen-bond donors (Lipinski definition) is 1. The van der Waals surface area contributed by atoms with Gasteiger partial charge in [-0.1, -0.05) is 6.92 Å². The molecule has 1 saturated heterocycles. The van der Waals surface area contributed by atoms with E-state index in [-0.39, 0.29) is 5.92 Å². The maximum absolute atomic E-state index is 11.9. The summed E-state index contributed by atoms with van der Waals surface area (Å²) in [6, 6.07) is 1.19. The lowest BCUT2D eigenvalue weighted by atomic mass is 9.94. The third kappa shape index (κ3) is 2.97. The minimum Gasteiger partial charge on any atom is -0.353 e. The van der Waals surface area contributed by atoms with Crippen LogP contribution in [0.2, 0.25) is 0 Å². The Balaban J connectivity index is 1.73. The molecule has 1 aliphatic carbocycles. The van der Waals surface area contributed by atoms with Crippen molar-refractivity contribution >= 4 is 5.91 Å². The van der Waals surface area contributed by atoms with Gasteiger partial charge in [0.25, 0.3) is 0 Å². The Bertz CT molecular complexity index is 242. The Morgan fingerprint density at radius 2 is 1.94 bits per heavy atom.